The van der Waals surface area contributed by atoms with Crippen molar-refractivity contribution in [2.75, 3.05) is 6.54 Å². The van der Waals surface area contributed by atoms with Gasteiger partial charge in [-0.1, -0.05) is 25.5 Å². The summed E-state index contributed by atoms with van der Waals surface area (Å²) in [6.45, 7) is 3.26. The monoisotopic (exact) mass is 383 g/mol. The van der Waals surface area contributed by atoms with Crippen LogP contribution in [-0.2, 0) is 11.0 Å². The Morgan fingerprint density at radius 1 is 1.33 bits per heavy atom. The Morgan fingerprint density at radius 3 is 2.59 bits per heavy atom. The lowest BCUT2D eigenvalue weighted by atomic mass is 10.0. The number of aromatic nitrogens is 2. The molecule has 9 heteroatoms. The van der Waals surface area contributed by atoms with Crippen LogP contribution in [-0.4, -0.2) is 33.3 Å². The third-order valence-electron chi connectivity index (χ3n) is 4.02. The Labute approximate surface area is 154 Å². The van der Waals surface area contributed by atoms with E-state index in [9.17, 15) is 22.8 Å². The summed E-state index contributed by atoms with van der Waals surface area (Å²) in [5.74, 6) is -2.98. The van der Waals surface area contributed by atoms with Gasteiger partial charge < -0.3 is 10.4 Å². The zero-order chi connectivity index (χ0) is 20.2. The zero-order valence-electron chi connectivity index (χ0n) is 14.9. The van der Waals surface area contributed by atoms with Crippen molar-refractivity contribution in [2.45, 2.75) is 32.9 Å². The summed E-state index contributed by atoms with van der Waals surface area (Å²) in [4.78, 5) is 23.4. The van der Waals surface area contributed by atoms with Crippen molar-refractivity contribution in [3.05, 3.63) is 47.3 Å². The molecule has 0 spiro atoms. The van der Waals surface area contributed by atoms with Gasteiger partial charge in [-0.2, -0.15) is 18.3 Å². The molecule has 2 aromatic rings. The Balaban J connectivity index is 2.34. The van der Waals surface area contributed by atoms with Gasteiger partial charge in [-0.05, 0) is 31.0 Å². The van der Waals surface area contributed by atoms with E-state index in [4.69, 9.17) is 5.11 Å². The summed E-state index contributed by atoms with van der Waals surface area (Å²) >= 11 is 0. The highest BCUT2D eigenvalue weighted by molar-refractivity contribution is 5.95. The number of carbonyl (C=O) groups excluding carboxylic acids is 1. The SMILES string of the molecule is CCCC(CNC(=O)c1cnn(-c2cccc(C)c2)c1C(F)(F)F)C(=O)O. The molecule has 0 bridgehead atoms. The number of carbonyl (C=O) groups is 2. The van der Waals surface area contributed by atoms with Crippen LogP contribution in [0.3, 0.4) is 0 Å². The van der Waals surface area contributed by atoms with Gasteiger partial charge >= 0.3 is 12.1 Å². The molecule has 1 aromatic heterocycles. The molecular formula is C18H20F3N3O3. The van der Waals surface area contributed by atoms with E-state index in [0.717, 1.165) is 11.8 Å². The first kappa shape index (κ1) is 20.5. The van der Waals surface area contributed by atoms with Gasteiger partial charge in [0.1, 0.15) is 0 Å². The lowest BCUT2D eigenvalue weighted by Gasteiger charge is -2.15. The second-order valence-electron chi connectivity index (χ2n) is 6.19. The van der Waals surface area contributed by atoms with Crippen molar-refractivity contribution >= 4 is 11.9 Å². The fraction of sp³-hybridized carbons (Fsp3) is 0.389. The molecule has 0 saturated carbocycles. The Bertz CT molecular complexity index is 831. The van der Waals surface area contributed by atoms with Gasteiger partial charge in [-0.15, -0.1) is 0 Å². The predicted octanol–water partition coefficient (Wildman–Crippen LogP) is 3.43. The molecule has 0 saturated heterocycles. The molecule has 0 aliphatic carbocycles. The van der Waals surface area contributed by atoms with E-state index in [1.165, 1.54) is 12.1 Å². The molecule has 27 heavy (non-hydrogen) atoms. The third kappa shape index (κ3) is 4.87. The van der Waals surface area contributed by atoms with Crippen LogP contribution >= 0.6 is 0 Å². The third-order valence-corrected chi connectivity index (χ3v) is 4.02. The quantitative estimate of drug-likeness (QED) is 0.767. The van der Waals surface area contributed by atoms with Gasteiger partial charge in [-0.25, -0.2) is 4.68 Å². The van der Waals surface area contributed by atoms with E-state index in [1.54, 1.807) is 26.0 Å². The van der Waals surface area contributed by atoms with E-state index < -0.39 is 35.2 Å². The Hall–Kier alpha value is -2.84. The smallest absolute Gasteiger partial charge is 0.434 e. The van der Waals surface area contributed by atoms with Crippen molar-refractivity contribution in [3.63, 3.8) is 0 Å². The number of nitrogens with one attached hydrogen (secondary N) is 1. The maximum atomic E-state index is 13.6. The number of halogens is 3. The summed E-state index contributed by atoms with van der Waals surface area (Å²) in [7, 11) is 0. The second kappa shape index (κ2) is 8.24. The number of hydrogen-bond donors (Lipinski definition) is 2. The van der Waals surface area contributed by atoms with Crippen molar-refractivity contribution in [1.82, 2.24) is 15.1 Å². The van der Waals surface area contributed by atoms with Crippen molar-refractivity contribution in [3.8, 4) is 5.69 Å². The first-order chi connectivity index (χ1) is 12.6. The molecule has 6 nitrogen and oxygen atoms in total. The van der Waals surface area contributed by atoms with E-state index in [0.29, 0.717) is 17.5 Å². The summed E-state index contributed by atoms with van der Waals surface area (Å²) < 4.78 is 41.5. The van der Waals surface area contributed by atoms with Gasteiger partial charge in [0, 0.05) is 6.54 Å². The van der Waals surface area contributed by atoms with Gasteiger partial charge in [0.25, 0.3) is 5.91 Å². The van der Waals surface area contributed by atoms with E-state index in [1.807, 2.05) is 0 Å². The number of amides is 1. The highest BCUT2D eigenvalue weighted by Gasteiger charge is 2.40. The normalized spacial score (nSPS) is 12.6. The van der Waals surface area contributed by atoms with Crippen LogP contribution < -0.4 is 5.32 Å². The maximum Gasteiger partial charge on any atom is 0.434 e. The molecule has 146 valence electrons. The molecule has 0 aliphatic rings. The number of benzene rings is 1. The molecule has 2 rings (SSSR count). The van der Waals surface area contributed by atoms with Gasteiger partial charge in [-0.3, -0.25) is 9.59 Å². The minimum absolute atomic E-state index is 0.177. The number of carboxylic acids is 1. The summed E-state index contributed by atoms with van der Waals surface area (Å²) in [5, 5.41) is 15.1. The highest BCUT2D eigenvalue weighted by Crippen LogP contribution is 2.33. The number of alkyl halides is 3. The van der Waals surface area contributed by atoms with Crippen molar-refractivity contribution in [2.24, 2.45) is 5.92 Å². The number of nitrogens with zero attached hydrogens (tertiary/aromatic N) is 2. The standard InChI is InChI=1S/C18H20F3N3O3/c1-3-5-12(17(26)27)9-22-16(25)14-10-23-24(15(14)18(19,20)21)13-7-4-6-11(2)8-13/h4,6-8,10,12H,3,5,9H2,1-2H3,(H,22,25)(H,26,27). The van der Waals surface area contributed by atoms with Crippen LogP contribution in [0.4, 0.5) is 13.2 Å². The lowest BCUT2D eigenvalue weighted by molar-refractivity contribution is -0.143. The molecule has 0 radical (unpaired) electrons. The lowest BCUT2D eigenvalue weighted by Crippen LogP contribution is -2.34. The van der Waals surface area contributed by atoms with E-state index in [-0.39, 0.29) is 12.2 Å². The Morgan fingerprint density at radius 2 is 2.04 bits per heavy atom. The first-order valence-corrected chi connectivity index (χ1v) is 8.38. The first-order valence-electron chi connectivity index (χ1n) is 8.38. The van der Waals surface area contributed by atoms with Gasteiger partial charge in [0.05, 0.1) is 23.4 Å². The fourth-order valence-corrected chi connectivity index (χ4v) is 2.72. The number of carboxylic acid groups (broad SMARTS) is 1. The fourth-order valence-electron chi connectivity index (χ4n) is 2.72. The maximum absolute atomic E-state index is 13.6. The van der Waals surface area contributed by atoms with Crippen molar-refractivity contribution in [1.29, 1.82) is 0 Å². The number of aryl methyl sites for hydroxylation is 1. The molecular weight excluding hydrogens is 363 g/mol. The number of aliphatic carboxylic acids is 1. The second-order valence-corrected chi connectivity index (χ2v) is 6.19. The molecule has 1 atom stereocenters. The van der Waals surface area contributed by atoms with Crippen LogP contribution in [0, 0.1) is 12.8 Å². The van der Waals surface area contributed by atoms with Crippen molar-refractivity contribution < 1.29 is 27.9 Å². The number of hydrogen-bond acceptors (Lipinski definition) is 3. The van der Waals surface area contributed by atoms with Crippen LogP contribution in [0.5, 0.6) is 0 Å². The molecule has 0 fully saturated rings. The average molecular weight is 383 g/mol. The molecule has 0 aliphatic heterocycles. The minimum atomic E-state index is -4.82. The summed E-state index contributed by atoms with van der Waals surface area (Å²) in [5.41, 5.74) is -0.931. The topological polar surface area (TPSA) is 84.2 Å². The summed E-state index contributed by atoms with van der Waals surface area (Å²) in [6, 6.07) is 6.30. The number of rotatable bonds is 7. The average Bonchev–Trinajstić information content (AvgIpc) is 3.03. The van der Waals surface area contributed by atoms with Crippen LogP contribution in [0.15, 0.2) is 30.5 Å². The van der Waals surface area contributed by atoms with Crippen LogP contribution in [0.1, 0.15) is 41.4 Å². The van der Waals surface area contributed by atoms with E-state index >= 15 is 0 Å². The molecule has 2 N–H and O–H groups in total. The molecule has 1 aromatic carbocycles. The van der Waals surface area contributed by atoms with Crippen LogP contribution in [0.25, 0.3) is 5.69 Å². The Kier molecular flexibility index (Phi) is 6.24. The molecule has 1 heterocycles. The minimum Gasteiger partial charge on any atom is -0.481 e. The highest BCUT2D eigenvalue weighted by atomic mass is 19.4. The van der Waals surface area contributed by atoms with Gasteiger partial charge in [0.15, 0.2) is 5.69 Å². The largest absolute Gasteiger partial charge is 0.481 e. The molecule has 1 amide bonds. The summed E-state index contributed by atoms with van der Waals surface area (Å²) in [6.07, 6.45) is -3.09. The van der Waals surface area contributed by atoms with Gasteiger partial charge in [0.2, 0.25) is 0 Å². The zero-order valence-corrected chi connectivity index (χ0v) is 14.9. The molecule has 1 unspecified atom stereocenters. The van der Waals surface area contributed by atoms with E-state index in [2.05, 4.69) is 10.4 Å². The van der Waals surface area contributed by atoms with Crippen LogP contribution in [0.2, 0.25) is 0 Å². The predicted molar refractivity (Wildman–Crippen MR) is 91.7 cm³/mol.